The second-order valence-electron chi connectivity index (χ2n) is 17.9. The lowest BCUT2D eigenvalue weighted by molar-refractivity contribution is -0.265. The second kappa shape index (κ2) is 22.0. The van der Waals surface area contributed by atoms with E-state index in [-0.39, 0.29) is 61.4 Å². The normalized spacial score (nSPS) is 37.9. The molecule has 1 amide bonds. The first-order chi connectivity index (χ1) is 27.4. The third-order valence-corrected chi connectivity index (χ3v) is 13.1. The van der Waals surface area contributed by atoms with Gasteiger partial charge in [-0.15, -0.1) is 0 Å². The molecule has 3 fully saturated rings. The van der Waals surface area contributed by atoms with Crippen LogP contribution >= 0.6 is 0 Å². The van der Waals surface area contributed by atoms with E-state index in [1.165, 1.54) is 4.90 Å². The molecule has 4 N–H and O–H groups in total. The summed E-state index contributed by atoms with van der Waals surface area (Å²) in [5.74, 6) is -6.14. The maximum absolute atomic E-state index is 14.2. The van der Waals surface area contributed by atoms with Gasteiger partial charge in [0.05, 0.1) is 30.5 Å². The number of ketones is 2. The molecule has 2 bridgehead atoms. The number of ether oxygens (including phenoxy) is 3. The van der Waals surface area contributed by atoms with Crippen LogP contribution in [-0.4, -0.2) is 111 Å². The molecule has 2 saturated heterocycles. The number of methoxy groups -OCH3 is 1. The minimum absolute atomic E-state index is 0.0453. The summed E-state index contributed by atoms with van der Waals surface area (Å²) in [4.78, 5) is 56.8. The third-order valence-electron chi connectivity index (χ3n) is 13.1. The molecule has 0 aromatic rings. The van der Waals surface area contributed by atoms with Gasteiger partial charge < -0.3 is 39.5 Å². The lowest BCUT2D eigenvalue weighted by Gasteiger charge is -2.42. The number of carbonyl (C=O) groups is 4. The van der Waals surface area contributed by atoms with Crippen molar-refractivity contribution in [2.24, 2.45) is 29.6 Å². The van der Waals surface area contributed by atoms with Gasteiger partial charge in [-0.2, -0.15) is 0 Å². The zero-order valence-corrected chi connectivity index (χ0v) is 35.9. The number of Topliss-reactive ketones (excluding diaryl/α,β-unsaturated/α-hetero) is 2. The number of esters is 1. The first-order valence-corrected chi connectivity index (χ1v) is 21.7. The highest BCUT2D eigenvalue weighted by molar-refractivity contribution is 6.39. The lowest BCUT2D eigenvalue weighted by Crippen LogP contribution is -2.61. The van der Waals surface area contributed by atoms with Crippen molar-refractivity contribution < 1.29 is 53.8 Å². The van der Waals surface area contributed by atoms with Crippen LogP contribution in [0.4, 0.5) is 0 Å². The van der Waals surface area contributed by atoms with Gasteiger partial charge in [0, 0.05) is 44.8 Å². The first kappa shape index (κ1) is 47.7. The zero-order valence-electron chi connectivity index (χ0n) is 35.9. The number of carbonyl (C=O) groups excluding carboxylic acids is 4. The lowest BCUT2D eigenvalue weighted by atomic mass is 9.79. The minimum Gasteiger partial charge on any atom is -0.460 e. The van der Waals surface area contributed by atoms with Crippen LogP contribution in [0, 0.1) is 29.6 Å². The number of fused-ring (bicyclic) bond motifs is 3. The number of hydrogen-bond acceptors (Lipinski definition) is 11. The maximum atomic E-state index is 14.2. The number of amides is 1. The fraction of sp³-hybridized carbons (Fsp3) is 0.739. The average Bonchev–Trinajstić information content (AvgIpc) is 3.19. The van der Waals surface area contributed by atoms with Crippen LogP contribution in [0.5, 0.6) is 0 Å². The van der Waals surface area contributed by atoms with Crippen LogP contribution in [0.1, 0.15) is 125 Å². The van der Waals surface area contributed by atoms with Crippen LogP contribution in [0.15, 0.2) is 47.6 Å². The van der Waals surface area contributed by atoms with Crippen molar-refractivity contribution in [2.75, 3.05) is 13.7 Å². The molecule has 1 saturated carbocycles. The summed E-state index contributed by atoms with van der Waals surface area (Å²) in [6.07, 6.45) is 13.1. The van der Waals surface area contributed by atoms with Gasteiger partial charge in [0.15, 0.2) is 0 Å². The molecule has 1 aliphatic carbocycles. The molecule has 0 aromatic heterocycles. The summed E-state index contributed by atoms with van der Waals surface area (Å²) in [6, 6.07) is -1.06. The van der Waals surface area contributed by atoms with Crippen molar-refractivity contribution in [1.29, 1.82) is 0 Å². The van der Waals surface area contributed by atoms with Gasteiger partial charge in [-0.1, -0.05) is 64.2 Å². The average molecular weight is 814 g/mol. The van der Waals surface area contributed by atoms with Crippen molar-refractivity contribution in [1.82, 2.24) is 4.90 Å². The van der Waals surface area contributed by atoms with Gasteiger partial charge in [-0.3, -0.25) is 14.4 Å². The van der Waals surface area contributed by atoms with E-state index in [0.29, 0.717) is 69.8 Å². The first-order valence-electron chi connectivity index (χ1n) is 21.7. The smallest absolute Gasteiger partial charge is 0.329 e. The molecule has 0 spiro atoms. The molecule has 13 unspecified atom stereocenters. The van der Waals surface area contributed by atoms with Crippen LogP contribution in [0.3, 0.4) is 0 Å². The Morgan fingerprint density at radius 1 is 0.897 bits per heavy atom. The molecule has 12 heteroatoms. The van der Waals surface area contributed by atoms with Crippen molar-refractivity contribution >= 4 is 23.4 Å². The molecule has 4 rings (SSSR count). The summed E-state index contributed by atoms with van der Waals surface area (Å²) >= 11 is 0. The fourth-order valence-electron chi connectivity index (χ4n) is 9.04. The summed E-state index contributed by atoms with van der Waals surface area (Å²) in [7, 11) is 1.59. The van der Waals surface area contributed by atoms with Crippen molar-refractivity contribution in [2.45, 2.75) is 173 Å². The van der Waals surface area contributed by atoms with E-state index in [0.717, 1.165) is 5.57 Å². The van der Waals surface area contributed by atoms with E-state index in [1.807, 2.05) is 58.1 Å². The predicted molar refractivity (Wildman–Crippen MR) is 220 cm³/mol. The van der Waals surface area contributed by atoms with Gasteiger partial charge in [0.1, 0.15) is 17.9 Å². The van der Waals surface area contributed by atoms with E-state index in [4.69, 9.17) is 14.2 Å². The second-order valence-corrected chi connectivity index (χ2v) is 17.9. The number of aliphatic hydroxyl groups excluding tert-OH is 3. The Labute approximate surface area is 345 Å². The number of cyclic esters (lactones) is 1. The molecule has 326 valence electrons. The van der Waals surface area contributed by atoms with Gasteiger partial charge in [0.2, 0.25) is 5.79 Å². The number of hydrogen-bond donors (Lipinski definition) is 4. The van der Waals surface area contributed by atoms with Crippen LogP contribution in [0.25, 0.3) is 0 Å². The molecule has 3 aliphatic heterocycles. The zero-order chi connectivity index (χ0) is 42.7. The monoisotopic (exact) mass is 814 g/mol. The number of allylic oxidation sites excluding steroid dienone is 5. The number of nitrogens with zero attached hydrogens (tertiary/aromatic N) is 1. The Balaban J connectivity index is 1.65. The largest absolute Gasteiger partial charge is 0.460 e. The molecule has 13 atom stereocenters. The van der Waals surface area contributed by atoms with Crippen LogP contribution in [-0.2, 0) is 33.4 Å². The van der Waals surface area contributed by atoms with E-state index in [2.05, 4.69) is 0 Å². The predicted octanol–water partition coefficient (Wildman–Crippen LogP) is 5.70. The molecular formula is C46H71NO11. The number of piperidine rings is 1. The van der Waals surface area contributed by atoms with E-state index >= 15 is 0 Å². The topological polar surface area (TPSA) is 180 Å². The summed E-state index contributed by atoms with van der Waals surface area (Å²) in [5, 5.41) is 43.5. The van der Waals surface area contributed by atoms with E-state index in [9.17, 15) is 39.6 Å². The highest BCUT2D eigenvalue weighted by Crippen LogP contribution is 2.37. The quantitative estimate of drug-likeness (QED) is 0.156. The maximum Gasteiger partial charge on any atom is 0.329 e. The molecule has 0 radical (unpaired) electrons. The van der Waals surface area contributed by atoms with Crippen molar-refractivity contribution in [3.05, 3.63) is 47.6 Å². The molecule has 0 aromatic carbocycles. The highest BCUT2D eigenvalue weighted by atomic mass is 16.6. The highest BCUT2D eigenvalue weighted by Gasteiger charge is 2.53. The third kappa shape index (κ3) is 12.8. The molecular weight excluding hydrogens is 743 g/mol. The summed E-state index contributed by atoms with van der Waals surface area (Å²) < 4.78 is 18.2. The summed E-state index contributed by atoms with van der Waals surface area (Å²) in [5.41, 5.74) is 1.48. The van der Waals surface area contributed by atoms with E-state index < -0.39 is 65.9 Å². The van der Waals surface area contributed by atoms with Crippen LogP contribution < -0.4 is 0 Å². The number of aliphatic hydroxyl groups is 4. The Morgan fingerprint density at radius 3 is 2.34 bits per heavy atom. The fourth-order valence-corrected chi connectivity index (χ4v) is 9.04. The van der Waals surface area contributed by atoms with Gasteiger partial charge in [-0.25, -0.2) is 4.79 Å². The molecule has 3 heterocycles. The van der Waals surface area contributed by atoms with Gasteiger partial charge >= 0.3 is 5.97 Å². The SMILES string of the molecule is COC1CC2CCC(C)C(O)(O2)C(=O)C(=O)N2CCCCC2C(=O)OC(C(C)CC2CCC(O)C(O)C2)CC=C(C)C(O)CC(=O)C(C)CC(C)C=CC=CC=C1C. The van der Waals surface area contributed by atoms with Crippen molar-refractivity contribution in [3.8, 4) is 0 Å². The van der Waals surface area contributed by atoms with Crippen molar-refractivity contribution in [3.63, 3.8) is 0 Å². The Morgan fingerprint density at radius 2 is 1.64 bits per heavy atom. The Kier molecular flexibility index (Phi) is 18.1. The van der Waals surface area contributed by atoms with Gasteiger partial charge in [-0.05, 0) is 107 Å². The molecule has 4 aliphatic rings. The Hall–Kier alpha value is -3.00. The minimum atomic E-state index is -2.38. The molecule has 12 nitrogen and oxygen atoms in total. The van der Waals surface area contributed by atoms with E-state index in [1.54, 1.807) is 27.0 Å². The standard InChI is InChI=1S/C46H71NO11/c1-28-13-9-8-10-14-30(3)42(56-7)26-35-19-17-33(6)46(55,58-35)43(52)44(53)47-22-12-11-15-36(47)45(54)57-41(32(5)24-34-18-20-37(48)40(51)25-34)21-16-29(2)38(49)27-39(50)31(4)23-28/h8-10,13-14,16,28,31-38,40-42,48-49,51,55H,11-12,15,17-27H2,1-7H3. The van der Waals surface area contributed by atoms with Crippen LogP contribution in [0.2, 0.25) is 0 Å². The van der Waals surface area contributed by atoms with Gasteiger partial charge in [0.25, 0.3) is 11.7 Å². The molecule has 58 heavy (non-hydrogen) atoms. The Bertz CT molecular complexity index is 1540. The summed E-state index contributed by atoms with van der Waals surface area (Å²) in [6.45, 7) is 11.4. The number of rotatable bonds is 4.